The molecule has 0 spiro atoms. The molecule has 0 amide bonds. The minimum atomic E-state index is 1.11. The normalized spacial score (nSPS) is 11.2. The Hall–Kier alpha value is -19.4. The molecule has 6 heteroatoms. The van der Waals surface area contributed by atoms with Crippen LogP contribution >= 0.6 is 0 Å². The molecule has 26 rings (SSSR count). The second kappa shape index (κ2) is 40.8. The van der Waals surface area contributed by atoms with Gasteiger partial charge in [-0.1, -0.05) is 419 Å². The van der Waals surface area contributed by atoms with Gasteiger partial charge in [0.15, 0.2) is 0 Å². The highest BCUT2D eigenvalue weighted by atomic mass is 15.2. The predicted octanol–water partition coefficient (Wildman–Crippen LogP) is 39.1. The number of para-hydroxylation sites is 6. The van der Waals surface area contributed by atoms with Gasteiger partial charge in [0.05, 0.1) is 33.4 Å². The zero-order chi connectivity index (χ0) is 97.3. The van der Waals surface area contributed by atoms with E-state index in [-0.39, 0.29) is 0 Å². The summed E-state index contributed by atoms with van der Waals surface area (Å²) in [5.41, 5.74) is 37.5. The lowest BCUT2D eigenvalue weighted by atomic mass is 10.0. The van der Waals surface area contributed by atoms with Crippen LogP contribution in [0.5, 0.6) is 0 Å². The Labute approximate surface area is 851 Å². The first-order chi connectivity index (χ1) is 72.4. The number of aromatic nitrogens is 2. The molecule has 6 nitrogen and oxygen atoms in total. The van der Waals surface area contributed by atoms with E-state index in [4.69, 9.17) is 0 Å². The van der Waals surface area contributed by atoms with Gasteiger partial charge >= 0.3 is 0 Å². The third-order valence-electron chi connectivity index (χ3n) is 27.9. The Morgan fingerprint density at radius 3 is 0.603 bits per heavy atom. The minimum absolute atomic E-state index is 1.11. The number of anilines is 12. The smallest absolute Gasteiger partial charge is 0.0541 e. The maximum absolute atomic E-state index is 2.36. The Kier molecular flexibility index (Phi) is 24.9. The molecule has 0 aliphatic rings. The Morgan fingerprint density at radius 1 is 0.110 bits per heavy atom. The second-order valence-corrected chi connectivity index (χ2v) is 36.7. The topological polar surface area (TPSA) is 22.8 Å². The fraction of sp³-hybridized carbons (Fsp3) is 0. The molecule has 2 heterocycles. The van der Waals surface area contributed by atoms with Gasteiger partial charge in [-0.25, -0.2) is 0 Å². The van der Waals surface area contributed by atoms with Gasteiger partial charge in [0.1, 0.15) is 0 Å². The van der Waals surface area contributed by atoms with E-state index in [1.807, 2.05) is 0 Å². The van der Waals surface area contributed by atoms with Gasteiger partial charge in [0.2, 0.25) is 0 Å². The van der Waals surface area contributed by atoms with Crippen molar-refractivity contribution in [3.63, 3.8) is 0 Å². The van der Waals surface area contributed by atoms with E-state index in [1.54, 1.807) is 0 Å². The van der Waals surface area contributed by atoms with E-state index in [0.29, 0.717) is 0 Å². The van der Waals surface area contributed by atoms with Gasteiger partial charge in [-0.15, -0.1) is 0 Å². The molecule has 2 aromatic heterocycles. The number of rotatable bonds is 21. The molecule has 0 aliphatic carbocycles. The molecule has 24 aromatic carbocycles. The van der Waals surface area contributed by atoms with Gasteiger partial charge in [0.25, 0.3) is 0 Å². The summed E-state index contributed by atoms with van der Waals surface area (Å²) in [6, 6.07) is 217. The summed E-state index contributed by atoms with van der Waals surface area (Å²) in [7, 11) is 0. The number of nitrogens with zero attached hydrogens (tertiary/aromatic N) is 6. The quantitative estimate of drug-likeness (QED) is 0.0715. The molecular formula is C140H100N6. The highest BCUT2D eigenvalue weighted by Gasteiger charge is 2.23. The average molecular weight is 1870 g/mol. The SMILES string of the molecule is c1ccc(-c2ccc(N(c3ccc(-c4ccccc4)cc3)c3ccc(-c4ccc(-n5c6ccccc6c6ccccc65)cc4)cc3)cc2)cc1.c1ccc(-c2ccc(N(c3ccc(-c4ccccc4)cc3)c3ccc(-c4ccc5c(c4)c4ccccc4n5-c4ccccc4)cc3)cc2)cc1.c1ccc(N(c2ccc(-c3ccc(N(c4ccccc4)c4cccc5ccccc45)cc3)cc2)c2cccc3ccccc23)cc1. The Morgan fingerprint density at radius 2 is 0.301 bits per heavy atom. The zero-order valence-corrected chi connectivity index (χ0v) is 80.4. The first kappa shape index (κ1) is 89.2. The molecule has 690 valence electrons. The van der Waals surface area contributed by atoms with Crippen LogP contribution in [0.1, 0.15) is 0 Å². The highest BCUT2D eigenvalue weighted by Crippen LogP contribution is 2.47. The van der Waals surface area contributed by atoms with Crippen LogP contribution in [0, 0.1) is 0 Å². The molecular weight excluding hydrogens is 1770 g/mol. The lowest BCUT2D eigenvalue weighted by Crippen LogP contribution is -2.10. The molecule has 26 aromatic rings. The van der Waals surface area contributed by atoms with Crippen molar-refractivity contribution in [3.05, 3.63) is 607 Å². The number of hydrogen-bond acceptors (Lipinski definition) is 4. The van der Waals surface area contributed by atoms with E-state index >= 15 is 0 Å². The maximum atomic E-state index is 2.36. The largest absolute Gasteiger partial charge is 0.311 e. The van der Waals surface area contributed by atoms with Crippen LogP contribution in [-0.2, 0) is 0 Å². The lowest BCUT2D eigenvalue weighted by molar-refractivity contribution is 1.18. The first-order valence-electron chi connectivity index (χ1n) is 49.9. The Bertz CT molecular complexity index is 8590. The number of hydrogen-bond donors (Lipinski definition) is 0. The van der Waals surface area contributed by atoms with E-state index in [0.717, 1.165) is 73.9 Å². The standard InChI is InChI=1S/2C48H34N2.C44H32N2/c1-4-12-35(13-5-1)37-20-27-42(28-21-37)49(43-29-22-38(23-30-43)36-14-6-2-7-15-36)44-31-24-39(25-32-44)40-26-33-48-46(34-40)45-18-10-11-19-47(45)50(48)41-16-8-3-9-17-41;1-3-11-35(12-4-1)37-19-27-41(28-20-37)49(42-29-21-38(22-30-42)36-13-5-2-6-14-36)43-31-23-39(24-32-43)40-25-33-44(34-26-40)50-47-17-9-7-15-45(47)46-16-8-10-18-48(46)50;1-3-17-37(18-4-1)45(43-23-11-15-35-13-7-9-21-41(35)43)39-29-25-33(26-30-39)34-27-31-40(32-28-34)46(38-19-5-2-6-20-38)44-24-12-16-36-14-8-10-22-42(36)44/h2*1-34H;1-32H. The van der Waals surface area contributed by atoms with Crippen LogP contribution in [0.25, 0.3) is 154 Å². The molecule has 146 heavy (non-hydrogen) atoms. The number of benzene rings is 24. The van der Waals surface area contributed by atoms with E-state index in [2.05, 4.69) is 635 Å². The molecule has 0 atom stereocenters. The van der Waals surface area contributed by atoms with Crippen LogP contribution in [0.15, 0.2) is 607 Å². The molecule has 0 fully saturated rings. The summed E-state index contributed by atoms with van der Waals surface area (Å²) in [5, 5.41) is 9.97. The molecule has 0 bridgehead atoms. The van der Waals surface area contributed by atoms with Crippen molar-refractivity contribution in [3.8, 4) is 89.3 Å². The summed E-state index contributed by atoms with van der Waals surface area (Å²) in [4.78, 5) is 9.36. The molecule has 0 saturated heterocycles. The monoisotopic (exact) mass is 1860 g/mol. The van der Waals surface area contributed by atoms with E-state index in [1.165, 1.54) is 149 Å². The predicted molar refractivity (Wildman–Crippen MR) is 620 cm³/mol. The third kappa shape index (κ3) is 18.3. The van der Waals surface area contributed by atoms with Crippen molar-refractivity contribution in [1.82, 2.24) is 9.13 Å². The van der Waals surface area contributed by atoms with Crippen LogP contribution < -0.4 is 19.6 Å². The lowest BCUT2D eigenvalue weighted by Gasteiger charge is -2.27. The molecule has 0 aliphatic heterocycles. The molecule has 0 N–H and O–H groups in total. The highest BCUT2D eigenvalue weighted by molar-refractivity contribution is 6.12. The van der Waals surface area contributed by atoms with Crippen LogP contribution in [0.2, 0.25) is 0 Å². The Balaban J connectivity index is 0.000000118. The van der Waals surface area contributed by atoms with E-state index < -0.39 is 0 Å². The first-order valence-corrected chi connectivity index (χ1v) is 49.9. The van der Waals surface area contributed by atoms with Crippen molar-refractivity contribution in [2.24, 2.45) is 0 Å². The fourth-order valence-corrected chi connectivity index (χ4v) is 20.7. The zero-order valence-electron chi connectivity index (χ0n) is 80.4. The van der Waals surface area contributed by atoms with Crippen molar-refractivity contribution in [2.75, 3.05) is 19.6 Å². The van der Waals surface area contributed by atoms with Crippen molar-refractivity contribution in [2.45, 2.75) is 0 Å². The summed E-state index contributed by atoms with van der Waals surface area (Å²) in [5.74, 6) is 0. The van der Waals surface area contributed by atoms with Crippen LogP contribution in [0.4, 0.5) is 68.2 Å². The summed E-state index contributed by atoms with van der Waals surface area (Å²) in [6.45, 7) is 0. The summed E-state index contributed by atoms with van der Waals surface area (Å²) < 4.78 is 4.73. The van der Waals surface area contributed by atoms with Crippen LogP contribution in [0.3, 0.4) is 0 Å². The minimum Gasteiger partial charge on any atom is -0.311 e. The average Bonchev–Trinajstić information content (AvgIpc) is 1.59. The van der Waals surface area contributed by atoms with Gasteiger partial charge in [0, 0.05) is 101 Å². The van der Waals surface area contributed by atoms with Crippen LogP contribution in [-0.4, -0.2) is 9.13 Å². The molecule has 0 radical (unpaired) electrons. The summed E-state index contributed by atoms with van der Waals surface area (Å²) in [6.07, 6.45) is 0. The van der Waals surface area contributed by atoms with Crippen molar-refractivity contribution in [1.29, 1.82) is 0 Å². The van der Waals surface area contributed by atoms with Gasteiger partial charge in [-0.2, -0.15) is 0 Å². The van der Waals surface area contributed by atoms with Gasteiger partial charge in [-0.3, -0.25) is 0 Å². The second-order valence-electron chi connectivity index (χ2n) is 36.7. The van der Waals surface area contributed by atoms with Gasteiger partial charge in [-0.05, 0) is 277 Å². The maximum Gasteiger partial charge on any atom is 0.0541 e. The van der Waals surface area contributed by atoms with Crippen molar-refractivity contribution < 1.29 is 0 Å². The third-order valence-corrected chi connectivity index (χ3v) is 27.9. The van der Waals surface area contributed by atoms with Gasteiger partial charge < -0.3 is 28.7 Å². The van der Waals surface area contributed by atoms with E-state index in [9.17, 15) is 0 Å². The molecule has 0 unspecified atom stereocenters. The van der Waals surface area contributed by atoms with Crippen molar-refractivity contribution >= 4 is 133 Å². The molecule has 0 saturated carbocycles. The summed E-state index contributed by atoms with van der Waals surface area (Å²) >= 11 is 0. The fourth-order valence-electron chi connectivity index (χ4n) is 20.7. The number of fused-ring (bicyclic) bond motifs is 8.